The lowest BCUT2D eigenvalue weighted by Crippen LogP contribution is -2.22. The third kappa shape index (κ3) is 3.66. The van der Waals surface area contributed by atoms with E-state index < -0.39 is 0 Å². The molecular weight excluding hydrogens is 296 g/mol. The molecule has 2 N–H and O–H groups in total. The van der Waals surface area contributed by atoms with Crippen LogP contribution in [0.4, 0.5) is 11.4 Å². The summed E-state index contributed by atoms with van der Waals surface area (Å²) < 4.78 is 16.0. The average Bonchev–Trinajstić information content (AvgIpc) is 3.03. The van der Waals surface area contributed by atoms with Crippen molar-refractivity contribution in [1.29, 1.82) is 0 Å². The monoisotopic (exact) mass is 314 g/mol. The lowest BCUT2D eigenvalue weighted by molar-refractivity contribution is -0.114. The summed E-state index contributed by atoms with van der Waals surface area (Å²) in [5.74, 6) is 1.89. The summed E-state index contributed by atoms with van der Waals surface area (Å²) in [5.41, 5.74) is 1.45. The van der Waals surface area contributed by atoms with Gasteiger partial charge in [0.05, 0.1) is 18.8 Å². The standard InChI is InChI=1S/C17H18N2O4/c1-2-21-14-6-4-3-5-13(14)19-17(20)10-18-12-7-8-15-16(9-12)23-11-22-15/h3-9,18H,2,10-11H2,1H3,(H,19,20). The molecule has 1 aliphatic rings. The van der Waals surface area contributed by atoms with Crippen molar-refractivity contribution in [2.45, 2.75) is 6.92 Å². The number of carbonyl (C=O) groups is 1. The number of ether oxygens (including phenoxy) is 3. The van der Waals surface area contributed by atoms with Gasteiger partial charge in [0.15, 0.2) is 11.5 Å². The molecule has 120 valence electrons. The van der Waals surface area contributed by atoms with Crippen LogP contribution in [0.3, 0.4) is 0 Å². The van der Waals surface area contributed by atoms with E-state index in [0.717, 1.165) is 5.69 Å². The quantitative estimate of drug-likeness (QED) is 0.858. The number of hydrogen-bond acceptors (Lipinski definition) is 5. The van der Waals surface area contributed by atoms with Crippen molar-refractivity contribution in [3.05, 3.63) is 42.5 Å². The molecule has 0 spiro atoms. The molecule has 0 bridgehead atoms. The first-order chi connectivity index (χ1) is 11.3. The van der Waals surface area contributed by atoms with Crippen LogP contribution in [-0.4, -0.2) is 25.9 Å². The maximum Gasteiger partial charge on any atom is 0.243 e. The fourth-order valence-corrected chi connectivity index (χ4v) is 2.23. The van der Waals surface area contributed by atoms with E-state index in [1.807, 2.05) is 49.4 Å². The molecule has 0 unspecified atom stereocenters. The van der Waals surface area contributed by atoms with Gasteiger partial charge in [-0.1, -0.05) is 12.1 Å². The van der Waals surface area contributed by atoms with Crippen molar-refractivity contribution in [1.82, 2.24) is 0 Å². The van der Waals surface area contributed by atoms with E-state index in [-0.39, 0.29) is 19.2 Å². The normalized spacial score (nSPS) is 11.9. The smallest absolute Gasteiger partial charge is 0.243 e. The predicted octanol–water partition coefficient (Wildman–Crippen LogP) is 2.86. The molecular formula is C17H18N2O4. The van der Waals surface area contributed by atoms with E-state index in [9.17, 15) is 4.79 Å². The Kier molecular flexibility index (Phi) is 4.52. The van der Waals surface area contributed by atoms with E-state index in [0.29, 0.717) is 29.5 Å². The number of anilines is 2. The third-order valence-corrected chi connectivity index (χ3v) is 3.29. The molecule has 1 amide bonds. The number of hydrogen-bond donors (Lipinski definition) is 2. The van der Waals surface area contributed by atoms with Gasteiger partial charge < -0.3 is 24.8 Å². The summed E-state index contributed by atoms with van der Waals surface area (Å²) >= 11 is 0. The van der Waals surface area contributed by atoms with Crippen LogP contribution in [-0.2, 0) is 4.79 Å². The van der Waals surface area contributed by atoms with Crippen LogP contribution >= 0.6 is 0 Å². The molecule has 3 rings (SSSR count). The zero-order valence-electron chi connectivity index (χ0n) is 12.8. The number of para-hydroxylation sites is 2. The fourth-order valence-electron chi connectivity index (χ4n) is 2.23. The first kappa shape index (κ1) is 15.0. The van der Waals surface area contributed by atoms with E-state index in [2.05, 4.69) is 10.6 Å². The van der Waals surface area contributed by atoms with Crippen molar-refractivity contribution in [2.24, 2.45) is 0 Å². The lowest BCUT2D eigenvalue weighted by atomic mass is 10.2. The second kappa shape index (κ2) is 6.91. The van der Waals surface area contributed by atoms with Crippen LogP contribution in [0.5, 0.6) is 17.2 Å². The Hall–Kier alpha value is -2.89. The maximum absolute atomic E-state index is 12.1. The van der Waals surface area contributed by atoms with Crippen molar-refractivity contribution >= 4 is 17.3 Å². The summed E-state index contributed by atoms with van der Waals surface area (Å²) in [6.45, 7) is 2.82. The molecule has 0 radical (unpaired) electrons. The van der Waals surface area contributed by atoms with Gasteiger partial charge in [-0.15, -0.1) is 0 Å². The second-order valence-electron chi connectivity index (χ2n) is 4.90. The maximum atomic E-state index is 12.1. The van der Waals surface area contributed by atoms with Crippen LogP contribution in [0.15, 0.2) is 42.5 Å². The zero-order valence-corrected chi connectivity index (χ0v) is 12.8. The topological polar surface area (TPSA) is 68.8 Å². The number of nitrogens with one attached hydrogen (secondary N) is 2. The molecule has 0 saturated carbocycles. The van der Waals surface area contributed by atoms with Gasteiger partial charge in [0.2, 0.25) is 12.7 Å². The SMILES string of the molecule is CCOc1ccccc1NC(=O)CNc1ccc2c(c1)OCO2. The van der Waals surface area contributed by atoms with Crippen molar-refractivity contribution in [3.8, 4) is 17.2 Å². The minimum Gasteiger partial charge on any atom is -0.492 e. The van der Waals surface area contributed by atoms with Crippen LogP contribution in [0.1, 0.15) is 6.92 Å². The summed E-state index contributed by atoms with van der Waals surface area (Å²) in [7, 11) is 0. The number of rotatable bonds is 6. The molecule has 6 heteroatoms. The van der Waals surface area contributed by atoms with Gasteiger partial charge in [-0.05, 0) is 31.2 Å². The van der Waals surface area contributed by atoms with E-state index >= 15 is 0 Å². The van der Waals surface area contributed by atoms with E-state index in [1.54, 1.807) is 0 Å². The van der Waals surface area contributed by atoms with Gasteiger partial charge >= 0.3 is 0 Å². The van der Waals surface area contributed by atoms with Crippen molar-refractivity contribution in [2.75, 3.05) is 30.6 Å². The van der Waals surface area contributed by atoms with Gasteiger partial charge in [0.1, 0.15) is 5.75 Å². The molecule has 0 fully saturated rings. The Labute approximate surface area is 134 Å². The van der Waals surface area contributed by atoms with Crippen LogP contribution < -0.4 is 24.8 Å². The molecule has 2 aromatic rings. The van der Waals surface area contributed by atoms with Crippen molar-refractivity contribution in [3.63, 3.8) is 0 Å². The summed E-state index contributed by atoms with van der Waals surface area (Å²) in [5, 5.41) is 5.89. The Balaban J connectivity index is 1.58. The number of amides is 1. The predicted molar refractivity (Wildman–Crippen MR) is 87.3 cm³/mol. The zero-order chi connectivity index (χ0) is 16.1. The Morgan fingerprint density at radius 3 is 2.87 bits per heavy atom. The van der Waals surface area contributed by atoms with E-state index in [4.69, 9.17) is 14.2 Å². The summed E-state index contributed by atoms with van der Waals surface area (Å²) in [4.78, 5) is 12.1. The Morgan fingerprint density at radius 2 is 2.00 bits per heavy atom. The van der Waals surface area contributed by atoms with Crippen molar-refractivity contribution < 1.29 is 19.0 Å². The van der Waals surface area contributed by atoms with Gasteiger partial charge in [-0.2, -0.15) is 0 Å². The van der Waals surface area contributed by atoms with Gasteiger partial charge in [0, 0.05) is 11.8 Å². The highest BCUT2D eigenvalue weighted by Crippen LogP contribution is 2.34. The second-order valence-corrected chi connectivity index (χ2v) is 4.90. The molecule has 23 heavy (non-hydrogen) atoms. The fraction of sp³-hybridized carbons (Fsp3) is 0.235. The summed E-state index contributed by atoms with van der Waals surface area (Å²) in [6.07, 6.45) is 0. The highest BCUT2D eigenvalue weighted by atomic mass is 16.7. The first-order valence-corrected chi connectivity index (χ1v) is 7.41. The highest BCUT2D eigenvalue weighted by Gasteiger charge is 2.13. The Bertz CT molecular complexity index is 703. The van der Waals surface area contributed by atoms with E-state index in [1.165, 1.54) is 0 Å². The molecule has 0 aromatic heterocycles. The molecule has 2 aromatic carbocycles. The third-order valence-electron chi connectivity index (χ3n) is 3.29. The van der Waals surface area contributed by atoms with Gasteiger partial charge in [-0.25, -0.2) is 0 Å². The molecule has 1 aliphatic heterocycles. The molecule has 0 saturated heterocycles. The first-order valence-electron chi connectivity index (χ1n) is 7.41. The minimum absolute atomic E-state index is 0.139. The molecule has 0 atom stereocenters. The molecule has 0 aliphatic carbocycles. The summed E-state index contributed by atoms with van der Waals surface area (Å²) in [6, 6.07) is 12.8. The average molecular weight is 314 g/mol. The van der Waals surface area contributed by atoms with Crippen LogP contribution in [0.25, 0.3) is 0 Å². The largest absolute Gasteiger partial charge is 0.492 e. The minimum atomic E-state index is -0.158. The molecule has 6 nitrogen and oxygen atoms in total. The lowest BCUT2D eigenvalue weighted by Gasteiger charge is -2.12. The number of fused-ring (bicyclic) bond motifs is 1. The van der Waals surface area contributed by atoms with Gasteiger partial charge in [-0.3, -0.25) is 4.79 Å². The highest BCUT2D eigenvalue weighted by molar-refractivity contribution is 5.95. The van der Waals surface area contributed by atoms with Crippen LogP contribution in [0, 0.1) is 0 Å². The Morgan fingerprint density at radius 1 is 1.17 bits per heavy atom. The van der Waals surface area contributed by atoms with Crippen LogP contribution in [0.2, 0.25) is 0 Å². The number of benzene rings is 2. The number of carbonyl (C=O) groups excluding carboxylic acids is 1. The van der Waals surface area contributed by atoms with Gasteiger partial charge in [0.25, 0.3) is 0 Å². The molecule has 1 heterocycles.